The average Bonchev–Trinajstić information content (AvgIpc) is 2.77. The van der Waals surface area contributed by atoms with Gasteiger partial charge in [0, 0.05) is 15.5 Å². The lowest BCUT2D eigenvalue weighted by Crippen LogP contribution is -2.29. The first-order chi connectivity index (χ1) is 7.74. The minimum atomic E-state index is -0.409. The molecule has 1 heterocycles. The molecule has 84 valence electrons. The van der Waals surface area contributed by atoms with E-state index >= 15 is 0 Å². The van der Waals surface area contributed by atoms with Gasteiger partial charge < -0.3 is 0 Å². The van der Waals surface area contributed by atoms with Crippen LogP contribution >= 0.6 is 22.9 Å². The van der Waals surface area contributed by atoms with E-state index in [0.29, 0.717) is 10.6 Å². The molecule has 0 spiro atoms. The molecule has 1 aromatic heterocycles. The highest BCUT2D eigenvalue weighted by molar-refractivity contribution is 7.10. The van der Waals surface area contributed by atoms with E-state index < -0.39 is 6.04 Å². The van der Waals surface area contributed by atoms with Crippen molar-refractivity contribution in [2.75, 3.05) is 0 Å². The zero-order chi connectivity index (χ0) is 11.5. The van der Waals surface area contributed by atoms with Gasteiger partial charge in [-0.05, 0) is 23.6 Å². The molecule has 0 saturated carbocycles. The van der Waals surface area contributed by atoms with Crippen LogP contribution in [0.2, 0.25) is 5.02 Å². The summed E-state index contributed by atoms with van der Waals surface area (Å²) in [6.45, 7) is 0. The van der Waals surface area contributed by atoms with Crippen LogP contribution in [0.15, 0.2) is 35.7 Å². The summed E-state index contributed by atoms with van der Waals surface area (Å²) in [7, 11) is 0. The molecule has 16 heavy (non-hydrogen) atoms. The molecule has 1 aromatic carbocycles. The van der Waals surface area contributed by atoms with Crippen molar-refractivity contribution in [3.05, 3.63) is 57.0 Å². The van der Waals surface area contributed by atoms with Crippen molar-refractivity contribution in [1.82, 2.24) is 5.43 Å². The van der Waals surface area contributed by atoms with Gasteiger partial charge in [-0.15, -0.1) is 11.3 Å². The number of nitrogens with two attached hydrogens (primary N) is 1. The van der Waals surface area contributed by atoms with E-state index in [1.54, 1.807) is 12.1 Å². The molecular formula is C11H10ClFN2S. The predicted molar refractivity (Wildman–Crippen MR) is 64.9 cm³/mol. The Morgan fingerprint density at radius 2 is 2.12 bits per heavy atom. The van der Waals surface area contributed by atoms with Crippen molar-refractivity contribution in [3.63, 3.8) is 0 Å². The zero-order valence-corrected chi connectivity index (χ0v) is 9.86. The molecule has 2 rings (SSSR count). The molecule has 2 aromatic rings. The smallest absolute Gasteiger partial charge is 0.129 e. The van der Waals surface area contributed by atoms with E-state index in [-0.39, 0.29) is 5.82 Å². The van der Waals surface area contributed by atoms with Crippen LogP contribution in [0.4, 0.5) is 4.39 Å². The molecule has 0 fully saturated rings. The SMILES string of the molecule is NNC(c1cccs1)c1c(F)cccc1Cl. The lowest BCUT2D eigenvalue weighted by atomic mass is 10.1. The molecule has 0 aliphatic heterocycles. The number of hydrogen-bond donors (Lipinski definition) is 2. The Morgan fingerprint density at radius 1 is 1.31 bits per heavy atom. The molecule has 0 radical (unpaired) electrons. The normalized spacial score (nSPS) is 12.7. The first-order valence-electron chi connectivity index (χ1n) is 4.67. The number of thiophene rings is 1. The Labute approximate surface area is 102 Å². The van der Waals surface area contributed by atoms with Crippen molar-refractivity contribution >= 4 is 22.9 Å². The molecule has 0 amide bonds. The summed E-state index contributed by atoms with van der Waals surface area (Å²) in [6, 6.07) is 7.96. The van der Waals surface area contributed by atoms with Crippen molar-refractivity contribution in [2.45, 2.75) is 6.04 Å². The minimum absolute atomic E-state index is 0.358. The van der Waals surface area contributed by atoms with Crippen LogP contribution in [0.1, 0.15) is 16.5 Å². The van der Waals surface area contributed by atoms with Gasteiger partial charge in [-0.2, -0.15) is 0 Å². The van der Waals surface area contributed by atoms with Gasteiger partial charge in [0.15, 0.2) is 0 Å². The van der Waals surface area contributed by atoms with Crippen molar-refractivity contribution in [2.24, 2.45) is 5.84 Å². The second kappa shape index (κ2) is 4.93. The Hall–Kier alpha value is -0.940. The monoisotopic (exact) mass is 256 g/mol. The predicted octanol–water partition coefficient (Wildman–Crippen LogP) is 3.09. The lowest BCUT2D eigenvalue weighted by molar-refractivity contribution is 0.564. The molecule has 3 N–H and O–H groups in total. The third kappa shape index (κ3) is 2.10. The van der Waals surface area contributed by atoms with Crippen LogP contribution in [0.3, 0.4) is 0 Å². The number of hydrazine groups is 1. The maximum absolute atomic E-state index is 13.7. The van der Waals surface area contributed by atoms with Crippen LogP contribution in [0.5, 0.6) is 0 Å². The summed E-state index contributed by atoms with van der Waals surface area (Å²) in [5.74, 6) is 5.11. The fourth-order valence-electron chi connectivity index (χ4n) is 1.55. The third-order valence-corrected chi connectivity index (χ3v) is 3.55. The molecule has 0 bridgehead atoms. The molecular weight excluding hydrogens is 247 g/mol. The van der Waals surface area contributed by atoms with Gasteiger partial charge in [-0.3, -0.25) is 5.84 Å². The lowest BCUT2D eigenvalue weighted by Gasteiger charge is -2.16. The maximum atomic E-state index is 13.7. The molecule has 2 nitrogen and oxygen atoms in total. The van der Waals surface area contributed by atoms with E-state index in [1.807, 2.05) is 17.5 Å². The highest BCUT2D eigenvalue weighted by Crippen LogP contribution is 2.32. The van der Waals surface area contributed by atoms with Gasteiger partial charge in [0.2, 0.25) is 0 Å². The van der Waals surface area contributed by atoms with Crippen LogP contribution < -0.4 is 11.3 Å². The fourth-order valence-corrected chi connectivity index (χ4v) is 2.62. The first-order valence-corrected chi connectivity index (χ1v) is 5.93. The molecule has 0 saturated heterocycles. The van der Waals surface area contributed by atoms with Gasteiger partial charge in [0.1, 0.15) is 5.82 Å². The maximum Gasteiger partial charge on any atom is 0.129 e. The largest absolute Gasteiger partial charge is 0.271 e. The first kappa shape index (κ1) is 11.5. The number of rotatable bonds is 3. The van der Waals surface area contributed by atoms with Crippen molar-refractivity contribution < 1.29 is 4.39 Å². The van der Waals surface area contributed by atoms with Gasteiger partial charge in [0.25, 0.3) is 0 Å². The standard InChI is InChI=1S/C11H10ClFN2S/c12-7-3-1-4-8(13)10(7)11(15-14)9-5-2-6-16-9/h1-6,11,15H,14H2. The van der Waals surface area contributed by atoms with Crippen LogP contribution in [-0.4, -0.2) is 0 Å². The summed E-state index contributed by atoms with van der Waals surface area (Å²) in [6.07, 6.45) is 0. The molecule has 1 atom stereocenters. The number of nitrogens with one attached hydrogen (secondary N) is 1. The Balaban J connectivity index is 2.49. The number of benzene rings is 1. The fraction of sp³-hybridized carbons (Fsp3) is 0.0909. The second-order valence-corrected chi connectivity index (χ2v) is 4.64. The van der Waals surface area contributed by atoms with Crippen LogP contribution in [0.25, 0.3) is 0 Å². The van der Waals surface area contributed by atoms with Crippen LogP contribution in [-0.2, 0) is 0 Å². The van der Waals surface area contributed by atoms with Gasteiger partial charge in [-0.25, -0.2) is 9.82 Å². The van der Waals surface area contributed by atoms with E-state index in [1.165, 1.54) is 17.4 Å². The Morgan fingerprint density at radius 3 is 2.69 bits per heavy atom. The number of halogens is 2. The van der Waals surface area contributed by atoms with Gasteiger partial charge in [-0.1, -0.05) is 23.7 Å². The zero-order valence-electron chi connectivity index (χ0n) is 8.28. The summed E-state index contributed by atoms with van der Waals surface area (Å²) in [4.78, 5) is 0.925. The van der Waals surface area contributed by atoms with Gasteiger partial charge in [0.05, 0.1) is 6.04 Å². The summed E-state index contributed by atoms with van der Waals surface area (Å²) in [5, 5.41) is 2.28. The summed E-state index contributed by atoms with van der Waals surface area (Å²) in [5.41, 5.74) is 2.97. The Kier molecular flexibility index (Phi) is 3.56. The molecule has 1 unspecified atom stereocenters. The minimum Gasteiger partial charge on any atom is -0.271 e. The third-order valence-electron chi connectivity index (χ3n) is 2.28. The van der Waals surface area contributed by atoms with E-state index in [2.05, 4.69) is 5.43 Å². The molecule has 5 heteroatoms. The summed E-state index contributed by atoms with van der Waals surface area (Å²) >= 11 is 7.49. The van der Waals surface area contributed by atoms with Crippen molar-refractivity contribution in [1.29, 1.82) is 0 Å². The topological polar surface area (TPSA) is 38.0 Å². The molecule has 0 aliphatic rings. The van der Waals surface area contributed by atoms with Crippen LogP contribution in [0, 0.1) is 5.82 Å². The number of hydrogen-bond acceptors (Lipinski definition) is 3. The van der Waals surface area contributed by atoms with Gasteiger partial charge >= 0.3 is 0 Å². The molecule has 0 aliphatic carbocycles. The van der Waals surface area contributed by atoms with E-state index in [0.717, 1.165) is 4.88 Å². The highest BCUT2D eigenvalue weighted by Gasteiger charge is 2.20. The van der Waals surface area contributed by atoms with Crippen molar-refractivity contribution in [3.8, 4) is 0 Å². The average molecular weight is 257 g/mol. The Bertz CT molecular complexity index is 453. The second-order valence-electron chi connectivity index (χ2n) is 3.25. The quantitative estimate of drug-likeness (QED) is 0.654. The highest BCUT2D eigenvalue weighted by atomic mass is 35.5. The summed E-state index contributed by atoms with van der Waals surface area (Å²) < 4.78 is 13.7. The van der Waals surface area contributed by atoms with E-state index in [9.17, 15) is 4.39 Å². The van der Waals surface area contributed by atoms with E-state index in [4.69, 9.17) is 17.4 Å².